The van der Waals surface area contributed by atoms with Gasteiger partial charge < -0.3 is 10.2 Å². The molecule has 0 aliphatic carbocycles. The molecular weight excluding hydrogens is 399 g/mol. The minimum absolute atomic E-state index is 0. The summed E-state index contributed by atoms with van der Waals surface area (Å²) in [4.78, 5) is 9.88. The second-order valence-corrected chi connectivity index (χ2v) is 6.15. The molecular formula is C18H29IN4. The van der Waals surface area contributed by atoms with E-state index in [0.717, 1.165) is 38.6 Å². The first-order valence-corrected chi connectivity index (χ1v) is 8.71. The molecule has 0 bridgehead atoms. The van der Waals surface area contributed by atoms with E-state index in [1.165, 1.54) is 30.6 Å². The van der Waals surface area contributed by atoms with E-state index < -0.39 is 0 Å². The summed E-state index contributed by atoms with van der Waals surface area (Å²) >= 11 is 0. The van der Waals surface area contributed by atoms with E-state index in [2.05, 4.69) is 53.2 Å². The number of aliphatic imine (C=N–C) groups is 1. The fourth-order valence-electron chi connectivity index (χ4n) is 3.66. The van der Waals surface area contributed by atoms with Crippen LogP contribution in [0.15, 0.2) is 29.3 Å². The van der Waals surface area contributed by atoms with Gasteiger partial charge in [-0.3, -0.25) is 9.89 Å². The van der Waals surface area contributed by atoms with Crippen molar-refractivity contribution in [2.24, 2.45) is 4.99 Å². The van der Waals surface area contributed by atoms with Crippen molar-refractivity contribution in [2.75, 3.05) is 37.6 Å². The van der Waals surface area contributed by atoms with Crippen molar-refractivity contribution in [3.05, 3.63) is 29.8 Å². The lowest BCUT2D eigenvalue weighted by molar-refractivity contribution is 0.273. The first kappa shape index (κ1) is 18.5. The van der Waals surface area contributed by atoms with Gasteiger partial charge in [-0.05, 0) is 50.9 Å². The number of anilines is 1. The second kappa shape index (κ2) is 8.87. The van der Waals surface area contributed by atoms with Gasteiger partial charge in [0.05, 0.1) is 6.54 Å². The van der Waals surface area contributed by atoms with E-state index in [-0.39, 0.29) is 24.0 Å². The molecule has 1 atom stereocenters. The maximum Gasteiger partial charge on any atom is 0.198 e. The van der Waals surface area contributed by atoms with E-state index in [4.69, 9.17) is 4.99 Å². The van der Waals surface area contributed by atoms with E-state index in [1.54, 1.807) is 0 Å². The van der Waals surface area contributed by atoms with Crippen LogP contribution in [0, 0.1) is 0 Å². The Morgan fingerprint density at radius 3 is 2.87 bits per heavy atom. The number of halogens is 1. The summed E-state index contributed by atoms with van der Waals surface area (Å²) in [6.45, 7) is 9.64. The maximum absolute atomic E-state index is 4.96. The molecule has 1 fully saturated rings. The van der Waals surface area contributed by atoms with Crippen LogP contribution in [0.3, 0.4) is 0 Å². The Bertz CT molecular complexity index is 532. The molecule has 0 aromatic heterocycles. The third-order valence-corrected chi connectivity index (χ3v) is 4.83. The number of para-hydroxylation sites is 1. The molecule has 0 spiro atoms. The summed E-state index contributed by atoms with van der Waals surface area (Å²) < 4.78 is 0. The van der Waals surface area contributed by atoms with Gasteiger partial charge >= 0.3 is 0 Å². The van der Waals surface area contributed by atoms with Crippen LogP contribution in [0.2, 0.25) is 0 Å². The minimum Gasteiger partial charge on any atom is -0.356 e. The van der Waals surface area contributed by atoms with Crippen molar-refractivity contribution in [1.82, 2.24) is 10.2 Å². The summed E-state index contributed by atoms with van der Waals surface area (Å²) in [7, 11) is 0. The van der Waals surface area contributed by atoms with Gasteiger partial charge in [-0.1, -0.05) is 25.1 Å². The van der Waals surface area contributed by atoms with Gasteiger partial charge in [-0.15, -0.1) is 24.0 Å². The lowest BCUT2D eigenvalue weighted by Crippen LogP contribution is -2.42. The number of likely N-dealkylation sites (tertiary alicyclic amines) is 1. The Balaban J connectivity index is 0.00000192. The topological polar surface area (TPSA) is 30.9 Å². The average molecular weight is 428 g/mol. The van der Waals surface area contributed by atoms with Crippen LogP contribution in [0.4, 0.5) is 5.69 Å². The molecule has 2 aliphatic rings. The predicted molar refractivity (Wildman–Crippen MR) is 109 cm³/mol. The zero-order valence-corrected chi connectivity index (χ0v) is 16.6. The quantitative estimate of drug-likeness (QED) is 0.454. The zero-order chi connectivity index (χ0) is 15.4. The molecule has 0 amide bonds. The molecule has 4 nitrogen and oxygen atoms in total. The largest absolute Gasteiger partial charge is 0.356 e. The Morgan fingerprint density at radius 1 is 1.26 bits per heavy atom. The number of hydrogen-bond donors (Lipinski definition) is 1. The smallest absolute Gasteiger partial charge is 0.198 e. The normalized spacial score (nSPS) is 21.2. The highest BCUT2D eigenvalue weighted by atomic mass is 127. The molecule has 128 valence electrons. The van der Waals surface area contributed by atoms with Crippen molar-refractivity contribution < 1.29 is 0 Å². The molecule has 0 saturated carbocycles. The van der Waals surface area contributed by atoms with Crippen LogP contribution in [-0.2, 0) is 6.42 Å². The van der Waals surface area contributed by atoms with Gasteiger partial charge in [-0.25, -0.2) is 0 Å². The molecule has 1 aromatic carbocycles. The SMILES string of the molecule is CCNC(=NCC1CCCN1CC)N1CCc2ccccc21.I. The maximum atomic E-state index is 4.96. The van der Waals surface area contributed by atoms with Crippen molar-refractivity contribution in [3.63, 3.8) is 0 Å². The summed E-state index contributed by atoms with van der Waals surface area (Å²) in [6.07, 6.45) is 3.72. The molecule has 23 heavy (non-hydrogen) atoms. The van der Waals surface area contributed by atoms with Crippen LogP contribution >= 0.6 is 24.0 Å². The first-order chi connectivity index (χ1) is 10.8. The standard InChI is InChI=1S/C18H28N4.HI/c1-3-19-18(20-14-16-9-7-12-21(16)4-2)22-13-11-15-8-5-6-10-17(15)22;/h5-6,8,10,16H,3-4,7,9,11-14H2,1-2H3,(H,19,20);1H. The first-order valence-electron chi connectivity index (χ1n) is 8.71. The molecule has 2 heterocycles. The fourth-order valence-corrected chi connectivity index (χ4v) is 3.66. The van der Waals surface area contributed by atoms with E-state index in [9.17, 15) is 0 Å². The molecule has 1 N–H and O–H groups in total. The number of guanidine groups is 1. The Morgan fingerprint density at radius 2 is 2.09 bits per heavy atom. The van der Waals surface area contributed by atoms with E-state index in [0.29, 0.717) is 6.04 Å². The van der Waals surface area contributed by atoms with Crippen molar-refractivity contribution in [2.45, 2.75) is 39.2 Å². The summed E-state index contributed by atoms with van der Waals surface area (Å²) in [5.74, 6) is 1.05. The average Bonchev–Trinajstić information content (AvgIpc) is 3.18. The Kier molecular flexibility index (Phi) is 7.14. The third-order valence-electron chi connectivity index (χ3n) is 4.83. The van der Waals surface area contributed by atoms with Gasteiger partial charge in [0.2, 0.25) is 0 Å². The molecule has 2 aliphatic heterocycles. The number of likely N-dealkylation sites (N-methyl/N-ethyl adjacent to an activating group) is 1. The van der Waals surface area contributed by atoms with Crippen molar-refractivity contribution >= 4 is 35.6 Å². The van der Waals surface area contributed by atoms with Crippen LogP contribution in [0.5, 0.6) is 0 Å². The highest BCUT2D eigenvalue weighted by molar-refractivity contribution is 14.0. The molecule has 3 rings (SSSR count). The zero-order valence-electron chi connectivity index (χ0n) is 14.3. The lowest BCUT2D eigenvalue weighted by atomic mass is 10.2. The van der Waals surface area contributed by atoms with Crippen LogP contribution in [-0.4, -0.2) is 49.6 Å². The van der Waals surface area contributed by atoms with Gasteiger partial charge in [0, 0.05) is 24.8 Å². The molecule has 0 radical (unpaired) electrons. The number of benzene rings is 1. The highest BCUT2D eigenvalue weighted by Crippen LogP contribution is 2.27. The highest BCUT2D eigenvalue weighted by Gasteiger charge is 2.25. The second-order valence-electron chi connectivity index (χ2n) is 6.15. The predicted octanol–water partition coefficient (Wildman–Crippen LogP) is 3.12. The molecule has 1 aromatic rings. The minimum atomic E-state index is 0. The summed E-state index contributed by atoms with van der Waals surface area (Å²) in [6, 6.07) is 9.31. The van der Waals surface area contributed by atoms with Crippen molar-refractivity contribution in [3.8, 4) is 0 Å². The molecule has 5 heteroatoms. The lowest BCUT2D eigenvalue weighted by Gasteiger charge is -2.25. The van der Waals surface area contributed by atoms with Crippen LogP contribution in [0.1, 0.15) is 32.3 Å². The number of rotatable bonds is 4. The number of fused-ring (bicyclic) bond motifs is 1. The Hall–Kier alpha value is -0.820. The van der Waals surface area contributed by atoms with Gasteiger partial charge in [0.15, 0.2) is 5.96 Å². The van der Waals surface area contributed by atoms with E-state index >= 15 is 0 Å². The molecule has 1 unspecified atom stereocenters. The molecule has 1 saturated heterocycles. The monoisotopic (exact) mass is 428 g/mol. The summed E-state index contributed by atoms with van der Waals surface area (Å²) in [5, 5.41) is 3.48. The third kappa shape index (κ3) is 4.18. The number of nitrogens with zero attached hydrogens (tertiary/aromatic N) is 3. The number of hydrogen-bond acceptors (Lipinski definition) is 2. The van der Waals surface area contributed by atoms with Crippen molar-refractivity contribution in [1.29, 1.82) is 0 Å². The van der Waals surface area contributed by atoms with Gasteiger partial charge in [0.1, 0.15) is 0 Å². The number of nitrogens with one attached hydrogen (secondary N) is 1. The van der Waals surface area contributed by atoms with Crippen LogP contribution < -0.4 is 10.2 Å². The fraction of sp³-hybridized carbons (Fsp3) is 0.611. The van der Waals surface area contributed by atoms with Crippen LogP contribution in [0.25, 0.3) is 0 Å². The van der Waals surface area contributed by atoms with E-state index in [1.807, 2.05) is 0 Å². The van der Waals surface area contributed by atoms with Gasteiger partial charge in [-0.2, -0.15) is 0 Å². The van der Waals surface area contributed by atoms with Gasteiger partial charge in [0.25, 0.3) is 0 Å². The Labute approximate surface area is 157 Å². The summed E-state index contributed by atoms with van der Waals surface area (Å²) in [5.41, 5.74) is 2.75.